The summed E-state index contributed by atoms with van der Waals surface area (Å²) in [6, 6.07) is 16.4. The van der Waals surface area contributed by atoms with Crippen LogP contribution < -0.4 is 4.90 Å². The van der Waals surface area contributed by atoms with Gasteiger partial charge in [-0.1, -0.05) is 18.2 Å². The molecule has 0 saturated heterocycles. The van der Waals surface area contributed by atoms with Gasteiger partial charge in [-0.25, -0.2) is 4.98 Å². The van der Waals surface area contributed by atoms with E-state index < -0.39 is 0 Å². The van der Waals surface area contributed by atoms with Crippen molar-refractivity contribution in [1.82, 2.24) is 4.98 Å². The van der Waals surface area contributed by atoms with Crippen LogP contribution in [-0.4, -0.2) is 24.4 Å². The summed E-state index contributed by atoms with van der Waals surface area (Å²) in [6.07, 6.45) is 1.91. The Balaban J connectivity index is 1.60. The fraction of sp³-hybridized carbons (Fsp3) is 0.111. The highest BCUT2D eigenvalue weighted by atomic mass is 32.1. The minimum Gasteiger partial charge on any atom is -0.454 e. The Morgan fingerprint density at radius 3 is 2.91 bits per heavy atom. The second-order valence-corrected chi connectivity index (χ2v) is 6.57. The molecule has 5 heteroatoms. The average molecular weight is 319 g/mol. The summed E-state index contributed by atoms with van der Waals surface area (Å²) in [4.78, 5) is 11.2. The Morgan fingerprint density at radius 2 is 2.04 bits per heavy atom. The minimum atomic E-state index is 0.830. The fourth-order valence-electron chi connectivity index (χ4n) is 2.86. The molecule has 0 N–H and O–H groups in total. The van der Waals surface area contributed by atoms with Crippen LogP contribution in [0, 0.1) is 0 Å². The highest BCUT2D eigenvalue weighted by Crippen LogP contribution is 2.35. The van der Waals surface area contributed by atoms with Crippen molar-refractivity contribution in [2.45, 2.75) is 0 Å². The van der Waals surface area contributed by atoms with Gasteiger partial charge < -0.3 is 9.32 Å². The molecule has 0 bridgehead atoms. The Bertz CT molecular complexity index is 1010. The first-order chi connectivity index (χ1) is 11.4. The number of aromatic nitrogens is 1. The number of nitrogens with zero attached hydrogens (tertiary/aromatic N) is 3. The lowest BCUT2D eigenvalue weighted by atomic mass is 10.2. The number of furan rings is 1. The summed E-state index contributed by atoms with van der Waals surface area (Å²) < 4.78 is 7.10. The molecular weight excluding hydrogens is 306 g/mol. The molecule has 0 fully saturated rings. The number of fused-ring (bicyclic) bond motifs is 2. The van der Waals surface area contributed by atoms with E-state index >= 15 is 0 Å². The molecule has 4 nitrogen and oxygen atoms in total. The monoisotopic (exact) mass is 319 g/mol. The van der Waals surface area contributed by atoms with Gasteiger partial charge in [0, 0.05) is 17.6 Å². The van der Waals surface area contributed by atoms with Gasteiger partial charge in [0.25, 0.3) is 0 Å². The first-order valence-corrected chi connectivity index (χ1v) is 8.35. The lowest BCUT2D eigenvalue weighted by Gasteiger charge is -2.13. The van der Waals surface area contributed by atoms with E-state index in [2.05, 4.69) is 40.2 Å². The first-order valence-electron chi connectivity index (χ1n) is 7.53. The van der Waals surface area contributed by atoms with Crippen LogP contribution in [-0.2, 0) is 0 Å². The molecule has 2 aromatic carbocycles. The van der Waals surface area contributed by atoms with Gasteiger partial charge in [0.05, 0.1) is 23.1 Å². The number of benzene rings is 2. The number of hydrogen-bond acceptors (Lipinski definition) is 5. The van der Waals surface area contributed by atoms with Crippen molar-refractivity contribution in [2.24, 2.45) is 4.99 Å². The Hall–Kier alpha value is -2.66. The zero-order chi connectivity index (χ0) is 15.2. The average Bonchev–Trinajstić information content (AvgIpc) is 3.31. The van der Waals surface area contributed by atoms with E-state index in [0.717, 1.165) is 40.3 Å². The van der Waals surface area contributed by atoms with Crippen LogP contribution in [0.2, 0.25) is 0 Å². The van der Waals surface area contributed by atoms with Gasteiger partial charge in [0.2, 0.25) is 0 Å². The van der Waals surface area contributed by atoms with Crippen molar-refractivity contribution in [3.63, 3.8) is 0 Å². The van der Waals surface area contributed by atoms with Gasteiger partial charge in [-0.3, -0.25) is 4.99 Å². The van der Waals surface area contributed by atoms with Crippen molar-refractivity contribution in [3.8, 4) is 10.8 Å². The molecular formula is C18H13N3OS. The number of anilines is 1. The third-order valence-corrected chi connectivity index (χ3v) is 5.06. The molecule has 23 heavy (non-hydrogen) atoms. The highest BCUT2D eigenvalue weighted by molar-refractivity contribution is 7.21. The van der Waals surface area contributed by atoms with Crippen LogP contribution in [0.25, 0.3) is 32.0 Å². The maximum atomic E-state index is 5.93. The van der Waals surface area contributed by atoms with Gasteiger partial charge in [-0.05, 0) is 30.3 Å². The number of para-hydroxylation sites is 1. The van der Waals surface area contributed by atoms with E-state index in [9.17, 15) is 0 Å². The van der Waals surface area contributed by atoms with Crippen molar-refractivity contribution >= 4 is 44.5 Å². The van der Waals surface area contributed by atoms with Gasteiger partial charge in [-0.15, -0.1) is 11.3 Å². The molecule has 2 aromatic heterocycles. The summed E-state index contributed by atoms with van der Waals surface area (Å²) in [7, 11) is 0. The van der Waals surface area contributed by atoms with Gasteiger partial charge in [-0.2, -0.15) is 0 Å². The fourth-order valence-corrected chi connectivity index (χ4v) is 3.81. The number of rotatable bonds is 2. The molecule has 4 aromatic rings. The summed E-state index contributed by atoms with van der Waals surface area (Å²) in [5.74, 6) is 0.830. The molecule has 1 aliphatic heterocycles. The predicted octanol–water partition coefficient (Wildman–Crippen LogP) is 4.56. The standard InChI is InChI=1S/C18H13N3OS/c1-2-4-15-12(3-1)9-16(22-15)18-20-14-6-5-13(10-17(14)23-18)21-8-7-19-11-21/h1-6,9-11H,7-8H2. The van der Waals surface area contributed by atoms with Crippen LogP contribution in [0.3, 0.4) is 0 Å². The van der Waals surface area contributed by atoms with Crippen LogP contribution >= 0.6 is 11.3 Å². The quantitative estimate of drug-likeness (QED) is 0.544. The van der Waals surface area contributed by atoms with Crippen LogP contribution in [0.1, 0.15) is 0 Å². The summed E-state index contributed by atoms with van der Waals surface area (Å²) in [6.45, 7) is 1.81. The van der Waals surface area contributed by atoms with Crippen molar-refractivity contribution in [3.05, 3.63) is 48.5 Å². The molecule has 0 atom stereocenters. The Labute approximate surface area is 136 Å². The topological polar surface area (TPSA) is 41.6 Å². The van der Waals surface area contributed by atoms with Gasteiger partial charge in [0.15, 0.2) is 10.8 Å². The van der Waals surface area contributed by atoms with Gasteiger partial charge >= 0.3 is 0 Å². The SMILES string of the molecule is C1=NCCN1c1ccc2nc(-c3cc4ccccc4o3)sc2c1. The maximum Gasteiger partial charge on any atom is 0.164 e. The van der Waals surface area contributed by atoms with E-state index in [-0.39, 0.29) is 0 Å². The van der Waals surface area contributed by atoms with E-state index in [0.29, 0.717) is 0 Å². The molecule has 0 unspecified atom stereocenters. The van der Waals surface area contributed by atoms with Crippen LogP contribution in [0.5, 0.6) is 0 Å². The number of hydrogen-bond donors (Lipinski definition) is 0. The van der Waals surface area contributed by atoms with E-state index in [1.807, 2.05) is 24.5 Å². The molecule has 0 aliphatic carbocycles. The normalized spacial score (nSPS) is 14.3. The molecule has 0 spiro atoms. The van der Waals surface area contributed by atoms with Crippen LogP contribution in [0.15, 0.2) is 57.9 Å². The summed E-state index contributed by atoms with van der Waals surface area (Å²) in [5.41, 5.74) is 3.07. The largest absolute Gasteiger partial charge is 0.454 e. The molecule has 0 saturated carbocycles. The molecule has 0 amide bonds. The minimum absolute atomic E-state index is 0.830. The van der Waals surface area contributed by atoms with E-state index in [1.54, 1.807) is 11.3 Å². The first kappa shape index (κ1) is 12.8. The Kier molecular flexibility index (Phi) is 2.75. The molecule has 5 rings (SSSR count). The molecule has 112 valence electrons. The summed E-state index contributed by atoms with van der Waals surface area (Å²) in [5, 5.41) is 2.03. The number of aliphatic imine (C=N–C) groups is 1. The molecule has 1 aliphatic rings. The zero-order valence-electron chi connectivity index (χ0n) is 12.3. The highest BCUT2D eigenvalue weighted by Gasteiger charge is 2.14. The Morgan fingerprint density at radius 1 is 1.09 bits per heavy atom. The van der Waals surface area contributed by atoms with E-state index in [4.69, 9.17) is 9.40 Å². The zero-order valence-corrected chi connectivity index (χ0v) is 13.1. The smallest absolute Gasteiger partial charge is 0.164 e. The third-order valence-electron chi connectivity index (χ3n) is 4.03. The van der Waals surface area contributed by atoms with Crippen LogP contribution in [0.4, 0.5) is 5.69 Å². The predicted molar refractivity (Wildman–Crippen MR) is 95.5 cm³/mol. The van der Waals surface area contributed by atoms with Crippen molar-refractivity contribution in [2.75, 3.05) is 18.0 Å². The lowest BCUT2D eigenvalue weighted by Crippen LogP contribution is -2.17. The second kappa shape index (κ2) is 4.93. The summed E-state index contributed by atoms with van der Waals surface area (Å²) >= 11 is 1.66. The van der Waals surface area contributed by atoms with Crippen molar-refractivity contribution in [1.29, 1.82) is 0 Å². The molecule has 0 radical (unpaired) electrons. The molecule has 3 heterocycles. The maximum absolute atomic E-state index is 5.93. The van der Waals surface area contributed by atoms with E-state index in [1.165, 1.54) is 10.4 Å². The second-order valence-electron chi connectivity index (χ2n) is 5.53. The van der Waals surface area contributed by atoms with Gasteiger partial charge in [0.1, 0.15) is 5.58 Å². The van der Waals surface area contributed by atoms with Crippen molar-refractivity contribution < 1.29 is 4.42 Å². The number of thiazole rings is 1. The third kappa shape index (κ3) is 2.12. The lowest BCUT2D eigenvalue weighted by molar-refractivity contribution is 0.631.